The molecule has 22 heavy (non-hydrogen) atoms. The fraction of sp³-hybridized carbons (Fsp3) is 0.421. The maximum absolute atomic E-state index is 12.2. The Hall–Kier alpha value is -1.61. The van der Waals surface area contributed by atoms with Gasteiger partial charge in [0.15, 0.2) is 0 Å². The van der Waals surface area contributed by atoms with Gasteiger partial charge >= 0.3 is 0 Å². The molecule has 116 valence electrons. The van der Waals surface area contributed by atoms with Gasteiger partial charge in [-0.2, -0.15) is 0 Å². The largest absolute Gasteiger partial charge is 0.344 e. The highest BCUT2D eigenvalue weighted by Gasteiger charge is 2.31. The minimum Gasteiger partial charge on any atom is -0.344 e. The van der Waals surface area contributed by atoms with Crippen LogP contribution in [0.25, 0.3) is 0 Å². The zero-order valence-electron chi connectivity index (χ0n) is 13.2. The van der Waals surface area contributed by atoms with Gasteiger partial charge in [-0.15, -0.1) is 11.3 Å². The van der Waals surface area contributed by atoms with Gasteiger partial charge in [0, 0.05) is 10.8 Å². The lowest BCUT2D eigenvalue weighted by Crippen LogP contribution is -2.29. The number of hydrogen-bond donors (Lipinski definition) is 1. The van der Waals surface area contributed by atoms with Crippen molar-refractivity contribution in [1.29, 1.82) is 0 Å². The van der Waals surface area contributed by atoms with Crippen molar-refractivity contribution in [2.75, 3.05) is 0 Å². The predicted octanol–water partition coefficient (Wildman–Crippen LogP) is 4.88. The van der Waals surface area contributed by atoms with Crippen LogP contribution in [0.4, 0.5) is 0 Å². The lowest BCUT2D eigenvalue weighted by molar-refractivity contribution is -0.122. The first-order valence-corrected chi connectivity index (χ1v) is 9.00. The fourth-order valence-corrected chi connectivity index (χ4v) is 3.44. The van der Waals surface area contributed by atoms with Crippen LogP contribution in [0.15, 0.2) is 41.8 Å². The monoisotopic (exact) mass is 313 g/mol. The highest BCUT2D eigenvalue weighted by atomic mass is 32.1. The Bertz CT molecular complexity index is 613. The van der Waals surface area contributed by atoms with Crippen LogP contribution in [0.1, 0.15) is 61.1 Å². The molecule has 1 aromatic carbocycles. The normalized spacial score (nSPS) is 17.0. The standard InChI is InChI=1S/C19H23NOS/c1-3-13(2)14-6-8-15(9-7-14)18(17-5-4-12-22-17)20-19(21)16-10-11-16/h4-9,12-13,16,18H,3,10-11H2,1-2H3,(H,20,21). The van der Waals surface area contributed by atoms with Crippen molar-refractivity contribution >= 4 is 17.2 Å². The molecular weight excluding hydrogens is 290 g/mol. The van der Waals surface area contributed by atoms with Gasteiger partial charge in [-0.05, 0) is 47.8 Å². The van der Waals surface area contributed by atoms with Crippen LogP contribution >= 0.6 is 11.3 Å². The van der Waals surface area contributed by atoms with Gasteiger partial charge < -0.3 is 5.32 Å². The zero-order chi connectivity index (χ0) is 15.5. The Morgan fingerprint density at radius 3 is 2.45 bits per heavy atom. The van der Waals surface area contributed by atoms with Gasteiger partial charge in [0.25, 0.3) is 0 Å². The SMILES string of the molecule is CCC(C)c1ccc(C(NC(=O)C2CC2)c2cccs2)cc1. The van der Waals surface area contributed by atoms with Gasteiger partial charge in [0.05, 0.1) is 6.04 Å². The first-order chi connectivity index (χ1) is 10.7. The number of benzene rings is 1. The molecule has 0 saturated heterocycles. The summed E-state index contributed by atoms with van der Waals surface area (Å²) in [5, 5.41) is 5.30. The first-order valence-electron chi connectivity index (χ1n) is 8.12. The molecule has 0 bridgehead atoms. The molecule has 1 fully saturated rings. The molecule has 2 atom stereocenters. The number of amides is 1. The van der Waals surface area contributed by atoms with Crippen LogP contribution in [-0.4, -0.2) is 5.91 Å². The molecule has 1 heterocycles. The average Bonchev–Trinajstić information content (AvgIpc) is 3.27. The van der Waals surface area contributed by atoms with Crippen LogP contribution in [-0.2, 0) is 4.79 Å². The molecule has 1 amide bonds. The number of rotatable bonds is 6. The molecule has 0 radical (unpaired) electrons. The summed E-state index contributed by atoms with van der Waals surface area (Å²) in [6, 6.07) is 12.9. The number of carbonyl (C=O) groups is 1. The Kier molecular flexibility index (Phi) is 4.63. The Morgan fingerprint density at radius 2 is 1.91 bits per heavy atom. The summed E-state index contributed by atoms with van der Waals surface area (Å²) in [5.41, 5.74) is 2.54. The van der Waals surface area contributed by atoms with Crippen LogP contribution < -0.4 is 5.32 Å². The molecule has 1 aromatic heterocycles. The van der Waals surface area contributed by atoms with Crippen molar-refractivity contribution in [2.24, 2.45) is 5.92 Å². The van der Waals surface area contributed by atoms with E-state index in [1.165, 1.54) is 16.0 Å². The number of carbonyl (C=O) groups excluding carboxylic acids is 1. The topological polar surface area (TPSA) is 29.1 Å². The molecule has 1 N–H and O–H groups in total. The quantitative estimate of drug-likeness (QED) is 0.809. The molecule has 1 aliphatic carbocycles. The second-order valence-corrected chi connectivity index (χ2v) is 7.19. The van der Waals surface area contributed by atoms with Gasteiger partial charge in [-0.25, -0.2) is 0 Å². The summed E-state index contributed by atoms with van der Waals surface area (Å²) >= 11 is 1.70. The molecule has 0 aliphatic heterocycles. The molecule has 0 spiro atoms. The van der Waals surface area contributed by atoms with E-state index >= 15 is 0 Å². The summed E-state index contributed by atoms with van der Waals surface area (Å²) < 4.78 is 0. The van der Waals surface area contributed by atoms with Crippen molar-refractivity contribution in [3.63, 3.8) is 0 Å². The maximum Gasteiger partial charge on any atom is 0.223 e. The molecular formula is C19H23NOS. The molecule has 2 unspecified atom stereocenters. The Labute approximate surface area is 136 Å². The van der Waals surface area contributed by atoms with Crippen molar-refractivity contribution in [3.05, 3.63) is 57.8 Å². The molecule has 2 nitrogen and oxygen atoms in total. The Morgan fingerprint density at radius 1 is 1.23 bits per heavy atom. The molecule has 3 heteroatoms. The molecule has 1 aliphatic rings. The Balaban J connectivity index is 1.83. The third-order valence-electron chi connectivity index (χ3n) is 4.51. The van der Waals surface area contributed by atoms with E-state index in [9.17, 15) is 4.79 Å². The van der Waals surface area contributed by atoms with Gasteiger partial charge in [-0.3, -0.25) is 4.79 Å². The van der Waals surface area contributed by atoms with E-state index in [1.807, 2.05) is 6.07 Å². The summed E-state index contributed by atoms with van der Waals surface area (Å²) in [6.07, 6.45) is 3.22. The van der Waals surface area contributed by atoms with E-state index in [0.29, 0.717) is 5.92 Å². The van der Waals surface area contributed by atoms with E-state index in [2.05, 4.69) is 54.9 Å². The summed E-state index contributed by atoms with van der Waals surface area (Å²) in [6.45, 7) is 4.46. The number of hydrogen-bond acceptors (Lipinski definition) is 2. The summed E-state index contributed by atoms with van der Waals surface area (Å²) in [7, 11) is 0. The number of thiophene rings is 1. The highest BCUT2D eigenvalue weighted by Crippen LogP contribution is 2.32. The van der Waals surface area contributed by atoms with Crippen LogP contribution in [0.3, 0.4) is 0 Å². The second kappa shape index (κ2) is 6.66. The number of nitrogens with one attached hydrogen (secondary N) is 1. The van der Waals surface area contributed by atoms with Crippen molar-refractivity contribution in [2.45, 2.75) is 45.1 Å². The average molecular weight is 313 g/mol. The lowest BCUT2D eigenvalue weighted by atomic mass is 9.95. The third kappa shape index (κ3) is 3.41. The van der Waals surface area contributed by atoms with Crippen molar-refractivity contribution in [3.8, 4) is 0 Å². The van der Waals surface area contributed by atoms with Crippen LogP contribution in [0.5, 0.6) is 0 Å². The second-order valence-electron chi connectivity index (χ2n) is 6.21. The van der Waals surface area contributed by atoms with E-state index in [0.717, 1.165) is 19.3 Å². The smallest absolute Gasteiger partial charge is 0.223 e. The van der Waals surface area contributed by atoms with Crippen molar-refractivity contribution in [1.82, 2.24) is 5.32 Å². The fourth-order valence-electron chi connectivity index (χ4n) is 2.63. The minimum atomic E-state index is -0.0147. The third-order valence-corrected chi connectivity index (χ3v) is 5.45. The maximum atomic E-state index is 12.2. The van der Waals surface area contributed by atoms with E-state index < -0.39 is 0 Å². The lowest BCUT2D eigenvalue weighted by Gasteiger charge is -2.19. The van der Waals surface area contributed by atoms with E-state index in [-0.39, 0.29) is 17.9 Å². The minimum absolute atomic E-state index is 0.0147. The molecule has 1 saturated carbocycles. The van der Waals surface area contributed by atoms with E-state index in [4.69, 9.17) is 0 Å². The predicted molar refractivity (Wildman–Crippen MR) is 92.2 cm³/mol. The van der Waals surface area contributed by atoms with Crippen LogP contribution in [0, 0.1) is 5.92 Å². The van der Waals surface area contributed by atoms with Gasteiger partial charge in [-0.1, -0.05) is 44.2 Å². The highest BCUT2D eigenvalue weighted by molar-refractivity contribution is 7.10. The van der Waals surface area contributed by atoms with Gasteiger partial charge in [0.1, 0.15) is 0 Å². The van der Waals surface area contributed by atoms with Gasteiger partial charge in [0.2, 0.25) is 5.91 Å². The van der Waals surface area contributed by atoms with E-state index in [1.54, 1.807) is 11.3 Å². The molecule has 3 rings (SSSR count). The molecule has 2 aromatic rings. The van der Waals surface area contributed by atoms with Crippen molar-refractivity contribution < 1.29 is 4.79 Å². The van der Waals surface area contributed by atoms with Crippen LogP contribution in [0.2, 0.25) is 0 Å². The first kappa shape index (κ1) is 15.3. The zero-order valence-corrected chi connectivity index (χ0v) is 14.0. The summed E-state index contributed by atoms with van der Waals surface area (Å²) in [5.74, 6) is 1.02. The summed E-state index contributed by atoms with van der Waals surface area (Å²) in [4.78, 5) is 13.4.